The van der Waals surface area contributed by atoms with E-state index in [9.17, 15) is 4.79 Å². The molecule has 15 heavy (non-hydrogen) atoms. The lowest BCUT2D eigenvalue weighted by atomic mass is 9.70. The predicted octanol–water partition coefficient (Wildman–Crippen LogP) is 2.09. The second kappa shape index (κ2) is 4.97. The molecule has 1 aliphatic carbocycles. The summed E-state index contributed by atoms with van der Waals surface area (Å²) in [6, 6.07) is 0.120. The van der Waals surface area contributed by atoms with Gasteiger partial charge in [-0.1, -0.05) is 13.8 Å². The van der Waals surface area contributed by atoms with Crippen LogP contribution in [0.15, 0.2) is 0 Å². The normalized spacial score (nSPS) is 21.9. The molecule has 0 aromatic heterocycles. The molecular formula is C12H23NO2. The van der Waals surface area contributed by atoms with Gasteiger partial charge in [0, 0.05) is 6.04 Å². The topological polar surface area (TPSA) is 52.3 Å². The van der Waals surface area contributed by atoms with Crippen molar-refractivity contribution in [2.24, 2.45) is 17.1 Å². The van der Waals surface area contributed by atoms with Crippen molar-refractivity contribution in [3.05, 3.63) is 0 Å². The van der Waals surface area contributed by atoms with Crippen LogP contribution in [0.5, 0.6) is 0 Å². The van der Waals surface area contributed by atoms with Gasteiger partial charge in [-0.05, 0) is 37.0 Å². The average Bonchev–Trinajstić information content (AvgIpc) is 3.08. The monoisotopic (exact) mass is 213 g/mol. The highest BCUT2D eigenvalue weighted by Gasteiger charge is 2.48. The summed E-state index contributed by atoms with van der Waals surface area (Å²) in [6.45, 7) is 4.23. The van der Waals surface area contributed by atoms with Gasteiger partial charge in [0.15, 0.2) is 0 Å². The van der Waals surface area contributed by atoms with Crippen LogP contribution in [0.3, 0.4) is 0 Å². The van der Waals surface area contributed by atoms with Gasteiger partial charge in [0.05, 0.1) is 13.5 Å². The summed E-state index contributed by atoms with van der Waals surface area (Å²) in [5.41, 5.74) is 6.19. The van der Waals surface area contributed by atoms with E-state index in [0.717, 1.165) is 12.8 Å². The van der Waals surface area contributed by atoms with E-state index in [0.29, 0.717) is 12.3 Å². The van der Waals surface area contributed by atoms with Crippen LogP contribution in [0.1, 0.15) is 46.0 Å². The molecule has 0 aromatic rings. The van der Waals surface area contributed by atoms with E-state index in [1.54, 1.807) is 0 Å². The molecule has 0 saturated heterocycles. The predicted molar refractivity (Wildman–Crippen MR) is 60.3 cm³/mol. The van der Waals surface area contributed by atoms with Crippen LogP contribution in [-0.4, -0.2) is 19.1 Å². The van der Waals surface area contributed by atoms with Crippen LogP contribution in [0.4, 0.5) is 0 Å². The van der Waals surface area contributed by atoms with Crippen LogP contribution in [0, 0.1) is 11.3 Å². The SMILES string of the molecule is CCC(N)C(CC)(CC(=O)OC)C1CC1. The summed E-state index contributed by atoms with van der Waals surface area (Å²) >= 11 is 0. The third-order valence-corrected chi connectivity index (χ3v) is 3.93. The van der Waals surface area contributed by atoms with Crippen molar-refractivity contribution in [3.63, 3.8) is 0 Å². The number of hydrogen-bond donors (Lipinski definition) is 1. The zero-order valence-corrected chi connectivity index (χ0v) is 10.1. The molecular weight excluding hydrogens is 190 g/mol. The van der Waals surface area contributed by atoms with Crippen molar-refractivity contribution in [1.29, 1.82) is 0 Å². The summed E-state index contributed by atoms with van der Waals surface area (Å²) < 4.78 is 4.79. The van der Waals surface area contributed by atoms with Crippen LogP contribution >= 0.6 is 0 Å². The Bertz CT molecular complexity index is 226. The molecule has 0 spiro atoms. The van der Waals surface area contributed by atoms with Crippen molar-refractivity contribution >= 4 is 5.97 Å². The number of rotatable bonds is 6. The highest BCUT2D eigenvalue weighted by molar-refractivity contribution is 5.70. The number of carbonyl (C=O) groups excluding carboxylic acids is 1. The minimum absolute atomic E-state index is 0.0121. The molecule has 0 aromatic carbocycles. The first-order chi connectivity index (χ1) is 7.10. The highest BCUT2D eigenvalue weighted by atomic mass is 16.5. The quantitative estimate of drug-likeness (QED) is 0.687. The van der Waals surface area contributed by atoms with E-state index in [-0.39, 0.29) is 17.4 Å². The first-order valence-corrected chi connectivity index (χ1v) is 5.93. The number of methoxy groups -OCH3 is 1. The lowest BCUT2D eigenvalue weighted by Gasteiger charge is -2.37. The summed E-state index contributed by atoms with van der Waals surface area (Å²) in [5, 5.41) is 0. The fourth-order valence-corrected chi connectivity index (χ4v) is 2.66. The Morgan fingerprint density at radius 2 is 2.13 bits per heavy atom. The number of ether oxygens (including phenoxy) is 1. The van der Waals surface area contributed by atoms with E-state index in [2.05, 4.69) is 13.8 Å². The molecule has 2 unspecified atom stereocenters. The van der Waals surface area contributed by atoms with Gasteiger partial charge in [0.2, 0.25) is 0 Å². The maximum Gasteiger partial charge on any atom is 0.306 e. The molecule has 1 fully saturated rings. The molecule has 3 heteroatoms. The molecule has 0 amide bonds. The Kier molecular flexibility index (Phi) is 4.14. The summed E-state index contributed by atoms with van der Waals surface area (Å²) in [7, 11) is 1.45. The molecule has 1 rings (SSSR count). The minimum atomic E-state index is -0.118. The van der Waals surface area contributed by atoms with Gasteiger partial charge < -0.3 is 10.5 Å². The van der Waals surface area contributed by atoms with Gasteiger partial charge in [0.25, 0.3) is 0 Å². The fraction of sp³-hybridized carbons (Fsp3) is 0.917. The molecule has 88 valence electrons. The van der Waals surface area contributed by atoms with Crippen LogP contribution in [-0.2, 0) is 9.53 Å². The number of nitrogens with two attached hydrogens (primary N) is 1. The van der Waals surface area contributed by atoms with E-state index in [1.807, 2.05) is 0 Å². The smallest absolute Gasteiger partial charge is 0.306 e. The second-order valence-corrected chi connectivity index (χ2v) is 4.63. The van der Waals surface area contributed by atoms with Gasteiger partial charge >= 0.3 is 5.97 Å². The molecule has 1 saturated carbocycles. The first-order valence-electron chi connectivity index (χ1n) is 5.93. The van der Waals surface area contributed by atoms with Crippen molar-refractivity contribution in [2.75, 3.05) is 7.11 Å². The van der Waals surface area contributed by atoms with Gasteiger partial charge in [-0.25, -0.2) is 0 Å². The Balaban J connectivity index is 2.77. The Hall–Kier alpha value is -0.570. The Morgan fingerprint density at radius 1 is 1.53 bits per heavy atom. The Labute approximate surface area is 92.4 Å². The fourth-order valence-electron chi connectivity index (χ4n) is 2.66. The zero-order chi connectivity index (χ0) is 11.5. The van der Waals surface area contributed by atoms with E-state index >= 15 is 0 Å². The van der Waals surface area contributed by atoms with Gasteiger partial charge in [-0.3, -0.25) is 4.79 Å². The zero-order valence-electron chi connectivity index (χ0n) is 10.1. The lowest BCUT2D eigenvalue weighted by Crippen LogP contribution is -2.44. The third-order valence-electron chi connectivity index (χ3n) is 3.93. The van der Waals surface area contributed by atoms with Gasteiger partial charge in [-0.15, -0.1) is 0 Å². The summed E-state index contributed by atoms with van der Waals surface area (Å²) in [4.78, 5) is 11.5. The molecule has 0 bridgehead atoms. The maximum atomic E-state index is 11.5. The molecule has 2 atom stereocenters. The summed E-state index contributed by atoms with van der Waals surface area (Å²) in [6.07, 6.45) is 4.83. The third kappa shape index (κ3) is 2.51. The van der Waals surface area contributed by atoms with E-state index in [1.165, 1.54) is 20.0 Å². The molecule has 3 nitrogen and oxygen atoms in total. The maximum absolute atomic E-state index is 11.5. The molecule has 2 N–H and O–H groups in total. The standard InChI is InChI=1S/C12H23NO2/c1-4-10(13)12(5-2,9-6-7-9)8-11(14)15-3/h9-10H,4-8,13H2,1-3H3. The molecule has 1 aliphatic rings. The Morgan fingerprint density at radius 3 is 2.47 bits per heavy atom. The summed E-state index contributed by atoms with van der Waals surface area (Å²) in [5.74, 6) is 0.518. The van der Waals surface area contributed by atoms with Crippen molar-refractivity contribution in [1.82, 2.24) is 0 Å². The number of esters is 1. The van der Waals surface area contributed by atoms with E-state index < -0.39 is 0 Å². The van der Waals surface area contributed by atoms with Gasteiger partial charge in [0.1, 0.15) is 0 Å². The lowest BCUT2D eigenvalue weighted by molar-refractivity contribution is -0.144. The van der Waals surface area contributed by atoms with Crippen LogP contribution in [0.2, 0.25) is 0 Å². The average molecular weight is 213 g/mol. The van der Waals surface area contributed by atoms with Crippen molar-refractivity contribution in [3.8, 4) is 0 Å². The first kappa shape index (κ1) is 12.5. The highest BCUT2D eigenvalue weighted by Crippen LogP contribution is 2.52. The van der Waals surface area contributed by atoms with E-state index in [4.69, 9.17) is 10.5 Å². The van der Waals surface area contributed by atoms with Crippen LogP contribution < -0.4 is 5.73 Å². The molecule has 0 aliphatic heterocycles. The van der Waals surface area contributed by atoms with Crippen molar-refractivity contribution in [2.45, 2.75) is 52.0 Å². The van der Waals surface area contributed by atoms with Gasteiger partial charge in [-0.2, -0.15) is 0 Å². The molecule has 0 heterocycles. The number of hydrogen-bond acceptors (Lipinski definition) is 3. The largest absolute Gasteiger partial charge is 0.469 e. The van der Waals surface area contributed by atoms with Crippen molar-refractivity contribution < 1.29 is 9.53 Å². The second-order valence-electron chi connectivity index (χ2n) is 4.63. The molecule has 0 radical (unpaired) electrons. The minimum Gasteiger partial charge on any atom is -0.469 e. The number of carbonyl (C=O) groups is 1. The van der Waals surface area contributed by atoms with Crippen LogP contribution in [0.25, 0.3) is 0 Å².